The number of anilines is 4. The minimum Gasteiger partial charge on any atom is -0.496 e. The van der Waals surface area contributed by atoms with E-state index in [0.29, 0.717) is 58.0 Å². The molecule has 0 saturated heterocycles. The molecule has 6 rings (SSSR count). The van der Waals surface area contributed by atoms with Crippen molar-refractivity contribution in [2.45, 2.75) is 39.0 Å². The average Bonchev–Trinajstić information content (AvgIpc) is 3.23. The predicted octanol–water partition coefficient (Wildman–Crippen LogP) is 8.16. The minimum atomic E-state index is -0.922. The Balaban J connectivity index is 0.000000228. The van der Waals surface area contributed by atoms with E-state index in [4.69, 9.17) is 32.7 Å². The first-order chi connectivity index (χ1) is 28.5. The van der Waals surface area contributed by atoms with Gasteiger partial charge in [-0.1, -0.05) is 35.3 Å². The van der Waals surface area contributed by atoms with Crippen molar-refractivity contribution in [3.05, 3.63) is 106 Å². The zero-order valence-corrected chi connectivity index (χ0v) is 35.7. The molecule has 0 aliphatic rings. The van der Waals surface area contributed by atoms with Crippen LogP contribution in [-0.2, 0) is 22.7 Å². The van der Waals surface area contributed by atoms with E-state index >= 15 is 0 Å². The lowest BCUT2D eigenvalue weighted by Gasteiger charge is -2.27. The molecule has 0 saturated carbocycles. The van der Waals surface area contributed by atoms with Crippen molar-refractivity contribution in [3.63, 3.8) is 0 Å². The molecule has 2 heterocycles. The lowest BCUT2D eigenvalue weighted by atomic mass is 10.1. The van der Waals surface area contributed by atoms with Crippen molar-refractivity contribution >= 4 is 79.9 Å². The quantitative estimate of drug-likeness (QED) is 0.0965. The van der Waals surface area contributed by atoms with Crippen LogP contribution >= 0.6 is 23.2 Å². The number of aromatic nitrogens is 4. The Morgan fingerprint density at radius 1 is 0.700 bits per heavy atom. The molecule has 0 bridgehead atoms. The second-order valence-electron chi connectivity index (χ2n) is 14.0. The van der Waals surface area contributed by atoms with Crippen LogP contribution in [0.1, 0.15) is 25.0 Å². The average molecular weight is 865 g/mol. The van der Waals surface area contributed by atoms with Crippen molar-refractivity contribution in [3.8, 4) is 11.5 Å². The van der Waals surface area contributed by atoms with Crippen LogP contribution < -0.4 is 20.1 Å². The first-order valence-electron chi connectivity index (χ1n) is 18.4. The largest absolute Gasteiger partial charge is 0.496 e. The third-order valence-corrected chi connectivity index (χ3v) is 10.4. The summed E-state index contributed by atoms with van der Waals surface area (Å²) in [7, 11) is 10.2. The van der Waals surface area contributed by atoms with Crippen LogP contribution in [0.3, 0.4) is 0 Å². The fourth-order valence-corrected chi connectivity index (χ4v) is 6.45. The van der Waals surface area contributed by atoms with Crippen LogP contribution in [0.4, 0.5) is 31.8 Å². The fourth-order valence-electron chi connectivity index (χ4n) is 6.10. The molecule has 60 heavy (non-hydrogen) atoms. The normalized spacial score (nSPS) is 12.2. The number of nitrogens with zero attached hydrogens (tertiary/aromatic N) is 7. The van der Waals surface area contributed by atoms with Gasteiger partial charge in [-0.3, -0.25) is 19.4 Å². The molecule has 3 N–H and O–H groups in total. The van der Waals surface area contributed by atoms with Crippen molar-refractivity contribution in [2.75, 3.05) is 53.0 Å². The Morgan fingerprint density at radius 2 is 1.12 bits per heavy atom. The summed E-state index contributed by atoms with van der Waals surface area (Å²) >= 11 is 11.8. The summed E-state index contributed by atoms with van der Waals surface area (Å²) in [5.74, 6) is -0.00374. The zero-order valence-electron chi connectivity index (χ0n) is 34.2. The molecule has 1 amide bonds. The van der Waals surface area contributed by atoms with E-state index in [1.54, 1.807) is 81.4 Å². The number of hydrogen-bond acceptors (Lipinski definition) is 12. The summed E-state index contributed by atoms with van der Waals surface area (Å²) in [5.41, 5.74) is 3.24. The van der Waals surface area contributed by atoms with Gasteiger partial charge in [0, 0.05) is 61.2 Å². The Kier molecular flexibility index (Phi) is 15.0. The first kappa shape index (κ1) is 45.1. The number of rotatable bonds is 14. The van der Waals surface area contributed by atoms with E-state index in [1.165, 1.54) is 31.9 Å². The van der Waals surface area contributed by atoms with Gasteiger partial charge < -0.3 is 30.1 Å². The number of carbonyl (C=O) groups excluding carboxylic acids is 1. The van der Waals surface area contributed by atoms with Gasteiger partial charge in [-0.2, -0.15) is 0 Å². The van der Waals surface area contributed by atoms with E-state index in [0.717, 1.165) is 11.1 Å². The van der Waals surface area contributed by atoms with Gasteiger partial charge >= 0.3 is 5.97 Å². The van der Waals surface area contributed by atoms with E-state index in [9.17, 15) is 23.5 Å². The third-order valence-electron chi connectivity index (χ3n) is 9.80. The molecule has 0 radical (unpaired) electrons. The van der Waals surface area contributed by atoms with E-state index in [-0.39, 0.29) is 33.4 Å². The number of methoxy groups -OCH3 is 2. The van der Waals surface area contributed by atoms with Gasteiger partial charge in [-0.25, -0.2) is 28.7 Å². The molecule has 6 aromatic rings. The Hall–Kier alpha value is -5.94. The number of halogens is 4. The van der Waals surface area contributed by atoms with Crippen molar-refractivity contribution in [2.24, 2.45) is 0 Å². The number of hydrogen-bond donors (Lipinski definition) is 3. The van der Waals surface area contributed by atoms with Gasteiger partial charge in [0.25, 0.3) is 0 Å². The number of likely N-dealkylation sites (N-methyl/N-ethyl adjacent to an activating group) is 3. The van der Waals surface area contributed by atoms with E-state index < -0.39 is 23.6 Å². The number of carboxylic acid groups (broad SMARTS) is 1. The number of carbonyl (C=O) groups is 2. The molecule has 0 aliphatic carbocycles. The second kappa shape index (κ2) is 19.9. The first-order valence-corrected chi connectivity index (χ1v) is 19.2. The third kappa shape index (κ3) is 10.4. The minimum absolute atomic E-state index is 0.00000277. The summed E-state index contributed by atoms with van der Waals surface area (Å²) in [5, 5.41) is 16.5. The molecular weight excluding hydrogens is 819 g/mol. The number of carboxylic acids is 1. The Labute approximate surface area is 356 Å². The maximum atomic E-state index is 14.4. The van der Waals surface area contributed by atoms with E-state index in [2.05, 4.69) is 30.6 Å². The molecule has 4 aromatic carbocycles. The van der Waals surface area contributed by atoms with Gasteiger partial charge in [0.1, 0.15) is 41.8 Å². The highest BCUT2D eigenvalue weighted by molar-refractivity contribution is 6.31. The highest BCUT2D eigenvalue weighted by Gasteiger charge is 2.23. The summed E-state index contributed by atoms with van der Waals surface area (Å²) < 4.78 is 39.7. The number of benzene rings is 4. The van der Waals surface area contributed by atoms with Gasteiger partial charge in [0.2, 0.25) is 5.91 Å². The summed E-state index contributed by atoms with van der Waals surface area (Å²) in [6.07, 6.45) is 2.76. The smallest absolute Gasteiger partial charge is 0.320 e. The molecule has 0 spiro atoms. The molecule has 18 heteroatoms. The topological polar surface area (TPSA) is 158 Å². The van der Waals surface area contributed by atoms with Gasteiger partial charge in [0.15, 0.2) is 11.6 Å². The molecule has 14 nitrogen and oxygen atoms in total. The van der Waals surface area contributed by atoms with Crippen LogP contribution in [0.5, 0.6) is 11.5 Å². The molecule has 0 unspecified atom stereocenters. The molecule has 2 aromatic heterocycles. The van der Waals surface area contributed by atoms with Crippen LogP contribution in [0.2, 0.25) is 10.0 Å². The molecule has 2 atom stereocenters. The van der Waals surface area contributed by atoms with Crippen LogP contribution in [0.25, 0.3) is 21.8 Å². The van der Waals surface area contributed by atoms with Crippen molar-refractivity contribution in [1.29, 1.82) is 0 Å². The fraction of sp³-hybridized carbons (Fsp3) is 0.286. The maximum absolute atomic E-state index is 14.4. The number of nitrogens with one attached hydrogen (secondary N) is 2. The van der Waals surface area contributed by atoms with Crippen molar-refractivity contribution in [1.82, 2.24) is 34.6 Å². The molecule has 316 valence electrons. The van der Waals surface area contributed by atoms with Gasteiger partial charge in [0.05, 0.1) is 52.7 Å². The highest BCUT2D eigenvalue weighted by Crippen LogP contribution is 2.34. The second-order valence-corrected chi connectivity index (χ2v) is 14.8. The number of amides is 1. The molecule has 0 aliphatic heterocycles. The standard InChI is InChI=1S/C22H25ClFN5O2.C20H20ClFN4O3/c1-13(22(30)28(2)3)29(4)11-14-9-15-18(10-19(14)31-5)25-12-26-21(15)27-17-8-6-7-16(23)20(17)24;1-11(20(27)28)26(2)9-12-7-13-16(8-17(12)29-3)23-10-24-19(13)25-15-6-4-5-14(21)18(15)22/h6-10,12-13H,11H2,1-5H3,(H,25,26,27);4-8,10-11H,9H2,1-3H3,(H,27,28)(H,23,24,25)/t13-;11-/m11/s1. The number of ether oxygens (including phenoxy) is 2. The maximum Gasteiger partial charge on any atom is 0.320 e. The monoisotopic (exact) mass is 863 g/mol. The van der Waals surface area contributed by atoms with Crippen LogP contribution in [0, 0.1) is 11.6 Å². The number of fused-ring (bicyclic) bond motifs is 2. The van der Waals surface area contributed by atoms with Crippen molar-refractivity contribution < 1.29 is 33.0 Å². The predicted molar refractivity (Wildman–Crippen MR) is 230 cm³/mol. The summed E-state index contributed by atoms with van der Waals surface area (Å²) in [6.45, 7) is 4.24. The Morgan fingerprint density at radius 3 is 1.50 bits per heavy atom. The SMILES string of the molecule is COc1cc2ncnc(Nc3cccc(Cl)c3F)c2cc1CN(C)[C@H](C)C(=O)N(C)C.COc1cc2ncnc(Nc3cccc(Cl)c3F)c2cc1CN(C)[C@H](C)C(=O)O. The Bertz CT molecular complexity index is 2520. The molecular formula is C42H45Cl2F2N9O5. The van der Waals surface area contributed by atoms with Crippen LogP contribution in [-0.4, -0.2) is 106 Å². The number of aliphatic carboxylic acids is 1. The van der Waals surface area contributed by atoms with E-state index in [1.807, 2.05) is 31.0 Å². The summed E-state index contributed by atoms with van der Waals surface area (Å²) in [6, 6.07) is 15.6. The zero-order chi connectivity index (χ0) is 43.8. The van der Waals surface area contributed by atoms with Gasteiger partial charge in [-0.15, -0.1) is 0 Å². The highest BCUT2D eigenvalue weighted by atomic mass is 35.5. The van der Waals surface area contributed by atoms with Gasteiger partial charge in [-0.05, 0) is 64.3 Å². The lowest BCUT2D eigenvalue weighted by molar-refractivity contribution is -0.142. The summed E-state index contributed by atoms with van der Waals surface area (Å²) in [4.78, 5) is 45.9. The lowest BCUT2D eigenvalue weighted by Crippen LogP contribution is -2.42. The molecule has 0 fully saturated rings. The van der Waals surface area contributed by atoms with Crippen LogP contribution in [0.15, 0.2) is 73.3 Å².